The SMILES string of the molecule is Oc1cc[c]([Mo][PH2])cc1. The van der Waals surface area contributed by atoms with E-state index in [2.05, 4.69) is 7.33 Å². The van der Waals surface area contributed by atoms with Crippen molar-refractivity contribution in [1.82, 2.24) is 0 Å². The topological polar surface area (TPSA) is 20.2 Å². The van der Waals surface area contributed by atoms with E-state index in [-0.39, 0.29) is 18.1 Å². The van der Waals surface area contributed by atoms with Crippen LogP contribution in [0, 0.1) is 0 Å². The van der Waals surface area contributed by atoms with E-state index in [0.717, 1.165) is 0 Å². The zero-order chi connectivity index (χ0) is 6.69. The van der Waals surface area contributed by atoms with Gasteiger partial charge in [0.25, 0.3) is 0 Å². The molecule has 1 rings (SSSR count). The molecule has 1 atom stereocenters. The Balaban J connectivity index is 2.88. The van der Waals surface area contributed by atoms with E-state index >= 15 is 0 Å². The van der Waals surface area contributed by atoms with Crippen LogP contribution in [0.2, 0.25) is 0 Å². The monoisotopic (exact) mass is 224 g/mol. The second-order valence-corrected chi connectivity index (χ2v) is 4.74. The summed E-state index contributed by atoms with van der Waals surface area (Å²) in [6, 6.07) is 7.38. The Morgan fingerprint density at radius 3 is 2.22 bits per heavy atom. The van der Waals surface area contributed by atoms with Crippen LogP contribution >= 0.6 is 7.33 Å². The number of hydrogen-bond acceptors (Lipinski definition) is 1. The van der Waals surface area contributed by atoms with Crippen molar-refractivity contribution in [1.29, 1.82) is 0 Å². The first-order valence-electron chi connectivity index (χ1n) is 2.48. The molecule has 0 aliphatic rings. The number of phenolic OH excluding ortho intramolecular Hbond substituents is 1. The molecule has 48 valence electrons. The second kappa shape index (κ2) is 3.34. The fourth-order valence-corrected chi connectivity index (χ4v) is 2.18. The third-order valence-electron chi connectivity index (χ3n) is 0.973. The van der Waals surface area contributed by atoms with E-state index in [4.69, 9.17) is 5.11 Å². The average Bonchev–Trinajstić information content (AvgIpc) is 1.90. The summed E-state index contributed by atoms with van der Waals surface area (Å²) in [5.41, 5.74) is 0. The van der Waals surface area contributed by atoms with Crippen LogP contribution in [0.3, 0.4) is 0 Å². The third-order valence-corrected chi connectivity index (χ3v) is 3.92. The summed E-state index contributed by atoms with van der Waals surface area (Å²) in [5, 5.41) is 8.86. The van der Waals surface area contributed by atoms with Crippen LogP contribution in [-0.2, 0) is 18.1 Å². The maximum atomic E-state index is 8.86. The van der Waals surface area contributed by atoms with E-state index in [1.54, 1.807) is 12.1 Å². The Morgan fingerprint density at radius 1 is 1.22 bits per heavy atom. The molecule has 0 bridgehead atoms. The van der Waals surface area contributed by atoms with Gasteiger partial charge in [0.1, 0.15) is 0 Å². The summed E-state index contributed by atoms with van der Waals surface area (Å²) in [4.78, 5) is 0. The van der Waals surface area contributed by atoms with Crippen molar-refractivity contribution in [2.24, 2.45) is 0 Å². The van der Waals surface area contributed by atoms with Crippen LogP contribution < -0.4 is 3.95 Å². The van der Waals surface area contributed by atoms with Crippen LogP contribution in [0.15, 0.2) is 24.3 Å². The Morgan fingerprint density at radius 2 is 1.78 bits per heavy atom. The number of benzene rings is 1. The van der Waals surface area contributed by atoms with Crippen molar-refractivity contribution < 1.29 is 23.2 Å². The van der Waals surface area contributed by atoms with Crippen LogP contribution in [0.1, 0.15) is 0 Å². The molecule has 1 aromatic rings. The van der Waals surface area contributed by atoms with Gasteiger partial charge in [-0.1, -0.05) is 0 Å². The zero-order valence-corrected chi connectivity index (χ0v) is 7.90. The molecule has 0 radical (unpaired) electrons. The molecule has 0 aliphatic heterocycles. The molecule has 0 amide bonds. The van der Waals surface area contributed by atoms with Crippen molar-refractivity contribution in [2.75, 3.05) is 0 Å². The van der Waals surface area contributed by atoms with Crippen LogP contribution in [0.4, 0.5) is 0 Å². The summed E-state index contributed by atoms with van der Waals surface area (Å²) >= 11 is -0.0511. The minimum absolute atomic E-state index is 0.0511. The van der Waals surface area contributed by atoms with Crippen molar-refractivity contribution in [3.05, 3.63) is 24.3 Å². The van der Waals surface area contributed by atoms with Gasteiger partial charge in [0.15, 0.2) is 0 Å². The molecule has 3 heteroatoms. The molecule has 0 saturated heterocycles. The summed E-state index contributed by atoms with van der Waals surface area (Å²) < 4.78 is 1.35. The molecular formula is C6H7MoOP. The molecule has 1 aromatic carbocycles. The van der Waals surface area contributed by atoms with Crippen molar-refractivity contribution in [3.8, 4) is 5.75 Å². The quantitative estimate of drug-likeness (QED) is 0.552. The van der Waals surface area contributed by atoms with E-state index in [1.807, 2.05) is 12.1 Å². The minimum atomic E-state index is -0.0511. The van der Waals surface area contributed by atoms with E-state index < -0.39 is 0 Å². The van der Waals surface area contributed by atoms with E-state index in [0.29, 0.717) is 5.75 Å². The van der Waals surface area contributed by atoms with E-state index in [1.165, 1.54) is 3.95 Å². The van der Waals surface area contributed by atoms with Gasteiger partial charge < -0.3 is 0 Å². The Hall–Kier alpha value is 0.138. The molecule has 1 N–H and O–H groups in total. The average molecular weight is 222 g/mol. The van der Waals surface area contributed by atoms with Gasteiger partial charge in [-0.3, -0.25) is 0 Å². The predicted octanol–water partition coefficient (Wildman–Crippen LogP) is 0.890. The van der Waals surface area contributed by atoms with Crippen molar-refractivity contribution >= 4 is 11.3 Å². The second-order valence-electron chi connectivity index (χ2n) is 1.61. The molecule has 0 fully saturated rings. The fourth-order valence-electron chi connectivity index (χ4n) is 0.525. The third kappa shape index (κ3) is 2.08. The predicted molar refractivity (Wildman–Crippen MR) is 37.5 cm³/mol. The Bertz CT molecular complexity index is 185. The Labute approximate surface area is 64.7 Å². The normalized spacial score (nSPS) is 9.44. The summed E-state index contributed by atoms with van der Waals surface area (Å²) in [6.45, 7) is 0. The molecule has 0 aliphatic carbocycles. The number of phenols is 1. The van der Waals surface area contributed by atoms with Gasteiger partial charge in [-0.15, -0.1) is 0 Å². The molecule has 0 spiro atoms. The molecule has 0 aromatic heterocycles. The van der Waals surface area contributed by atoms with Gasteiger partial charge in [0, 0.05) is 0 Å². The van der Waals surface area contributed by atoms with Crippen LogP contribution in [-0.4, -0.2) is 5.11 Å². The molecule has 1 nitrogen and oxygen atoms in total. The summed E-state index contributed by atoms with van der Waals surface area (Å²) in [5.74, 6) is 0.352. The first kappa shape index (κ1) is 7.25. The van der Waals surface area contributed by atoms with Crippen LogP contribution in [0.5, 0.6) is 5.75 Å². The number of hydrogen-bond donors (Lipinski definition) is 1. The van der Waals surface area contributed by atoms with Crippen molar-refractivity contribution in [3.63, 3.8) is 0 Å². The summed E-state index contributed by atoms with van der Waals surface area (Å²) in [6.07, 6.45) is 0. The fraction of sp³-hybridized carbons (Fsp3) is 0. The Kier molecular flexibility index (Phi) is 2.69. The molecule has 1 unspecified atom stereocenters. The summed E-state index contributed by atoms with van der Waals surface area (Å²) in [7, 11) is 2.76. The first-order chi connectivity index (χ1) is 4.33. The molecular weight excluding hydrogens is 215 g/mol. The molecule has 0 saturated carbocycles. The van der Waals surface area contributed by atoms with Gasteiger partial charge in [0.2, 0.25) is 0 Å². The van der Waals surface area contributed by atoms with E-state index in [9.17, 15) is 0 Å². The van der Waals surface area contributed by atoms with Gasteiger partial charge >= 0.3 is 64.5 Å². The number of aromatic hydroxyl groups is 1. The molecule has 0 heterocycles. The number of rotatable bonds is 1. The standard InChI is InChI=1S/C6H5O.Mo.H2P/c7-6-4-2-1-3-5-6;;/h2-5,7H;;1H2/q;+1;-1. The van der Waals surface area contributed by atoms with Gasteiger partial charge in [-0.05, 0) is 0 Å². The first-order valence-corrected chi connectivity index (χ1v) is 7.44. The van der Waals surface area contributed by atoms with Gasteiger partial charge in [-0.25, -0.2) is 0 Å². The molecule has 9 heavy (non-hydrogen) atoms. The zero-order valence-electron chi connectivity index (χ0n) is 4.74. The van der Waals surface area contributed by atoms with Crippen LogP contribution in [0.25, 0.3) is 0 Å². The van der Waals surface area contributed by atoms with Crippen molar-refractivity contribution in [2.45, 2.75) is 0 Å². The maximum absolute atomic E-state index is 8.86. The van der Waals surface area contributed by atoms with Gasteiger partial charge in [-0.2, -0.15) is 0 Å². The van der Waals surface area contributed by atoms with Gasteiger partial charge in [0.05, 0.1) is 0 Å².